The predicted octanol–water partition coefficient (Wildman–Crippen LogP) is 3.83. The number of nitrogens with zero attached hydrogens (tertiary/aromatic N) is 1. The summed E-state index contributed by atoms with van der Waals surface area (Å²) in [7, 11) is 0. The Kier molecular flexibility index (Phi) is 4.51. The lowest BCUT2D eigenvalue weighted by Gasteiger charge is -2.21. The molecule has 0 spiro atoms. The van der Waals surface area contributed by atoms with Crippen LogP contribution in [0.3, 0.4) is 0 Å². The van der Waals surface area contributed by atoms with Gasteiger partial charge >= 0.3 is 0 Å². The second-order valence-electron chi connectivity index (χ2n) is 5.20. The van der Waals surface area contributed by atoms with E-state index in [0.717, 1.165) is 49.1 Å². The van der Waals surface area contributed by atoms with Crippen LogP contribution in [0.1, 0.15) is 18.4 Å². The molecule has 20 heavy (non-hydrogen) atoms. The van der Waals surface area contributed by atoms with E-state index >= 15 is 0 Å². The first-order valence-corrected chi connectivity index (χ1v) is 7.40. The lowest BCUT2D eigenvalue weighted by atomic mass is 10.0. The minimum atomic E-state index is 0.522. The maximum absolute atomic E-state index is 6.21. The number of pyridine rings is 1. The Labute approximate surface area is 123 Å². The Balaban J connectivity index is 1.63. The van der Waals surface area contributed by atoms with Crippen LogP contribution in [0.15, 0.2) is 30.3 Å². The average Bonchev–Trinajstić information content (AvgIpc) is 2.49. The average molecular weight is 292 g/mol. The summed E-state index contributed by atoms with van der Waals surface area (Å²) in [4.78, 5) is 4.41. The van der Waals surface area contributed by atoms with Crippen molar-refractivity contribution < 1.29 is 9.47 Å². The second-order valence-corrected chi connectivity index (χ2v) is 5.56. The van der Waals surface area contributed by atoms with E-state index in [-0.39, 0.29) is 0 Å². The van der Waals surface area contributed by atoms with E-state index in [2.05, 4.69) is 11.1 Å². The summed E-state index contributed by atoms with van der Waals surface area (Å²) in [5.41, 5.74) is 1.88. The van der Waals surface area contributed by atoms with Gasteiger partial charge in [0, 0.05) is 24.2 Å². The zero-order valence-electron chi connectivity index (χ0n) is 11.3. The first-order chi connectivity index (χ1) is 9.83. The van der Waals surface area contributed by atoms with Crippen molar-refractivity contribution >= 4 is 22.5 Å². The maximum atomic E-state index is 6.21. The van der Waals surface area contributed by atoms with Crippen LogP contribution in [0.2, 0.25) is 5.15 Å². The Morgan fingerprint density at radius 2 is 2.05 bits per heavy atom. The fourth-order valence-corrected chi connectivity index (χ4v) is 2.69. The van der Waals surface area contributed by atoms with Crippen LogP contribution < -0.4 is 0 Å². The molecule has 1 fully saturated rings. The molecule has 3 rings (SSSR count). The van der Waals surface area contributed by atoms with Crippen LogP contribution in [0.4, 0.5) is 0 Å². The summed E-state index contributed by atoms with van der Waals surface area (Å²) in [5.74, 6) is 0.607. The van der Waals surface area contributed by atoms with E-state index < -0.39 is 0 Å². The molecule has 1 saturated heterocycles. The van der Waals surface area contributed by atoms with Gasteiger partial charge in [0.25, 0.3) is 0 Å². The summed E-state index contributed by atoms with van der Waals surface area (Å²) >= 11 is 6.21. The monoisotopic (exact) mass is 291 g/mol. The fourth-order valence-electron chi connectivity index (χ4n) is 2.49. The van der Waals surface area contributed by atoms with Crippen molar-refractivity contribution in [1.82, 2.24) is 4.98 Å². The van der Waals surface area contributed by atoms with E-state index in [1.807, 2.05) is 24.3 Å². The largest absolute Gasteiger partial charge is 0.381 e. The minimum Gasteiger partial charge on any atom is -0.381 e. The Morgan fingerprint density at radius 1 is 1.25 bits per heavy atom. The van der Waals surface area contributed by atoms with Crippen molar-refractivity contribution in [3.8, 4) is 0 Å². The number of rotatable bonds is 4. The molecule has 0 unspecified atom stereocenters. The summed E-state index contributed by atoms with van der Waals surface area (Å²) in [6, 6.07) is 10.0. The summed E-state index contributed by atoms with van der Waals surface area (Å²) in [6.07, 6.45) is 2.17. The Bertz CT molecular complexity index is 582. The molecule has 1 aromatic carbocycles. The molecule has 0 radical (unpaired) electrons. The molecule has 1 aliphatic rings. The normalized spacial score (nSPS) is 16.6. The quantitative estimate of drug-likeness (QED) is 0.802. The number of aromatic nitrogens is 1. The summed E-state index contributed by atoms with van der Waals surface area (Å²) < 4.78 is 11.2. The van der Waals surface area contributed by atoms with E-state index in [1.54, 1.807) is 0 Å². The number of halogens is 1. The molecule has 0 saturated carbocycles. The third-order valence-electron chi connectivity index (χ3n) is 3.70. The van der Waals surface area contributed by atoms with Crippen molar-refractivity contribution in [2.24, 2.45) is 5.92 Å². The molecule has 0 aliphatic carbocycles. The van der Waals surface area contributed by atoms with Crippen LogP contribution in [-0.4, -0.2) is 24.8 Å². The van der Waals surface area contributed by atoms with Crippen LogP contribution >= 0.6 is 11.6 Å². The lowest BCUT2D eigenvalue weighted by Crippen LogP contribution is -2.20. The van der Waals surface area contributed by atoms with Gasteiger partial charge in [0.15, 0.2) is 0 Å². The first kappa shape index (κ1) is 13.8. The second kappa shape index (κ2) is 6.53. The number of para-hydroxylation sites is 1. The molecule has 0 bridgehead atoms. The standard InChI is InChI=1S/C16H18ClNO2/c17-16-14(9-13-3-1-2-4-15(13)18-16)11-20-10-12-5-7-19-8-6-12/h1-4,9,12H,5-8,10-11H2. The molecule has 106 valence electrons. The predicted molar refractivity (Wildman–Crippen MR) is 80.0 cm³/mol. The van der Waals surface area contributed by atoms with Gasteiger partial charge in [-0.05, 0) is 30.9 Å². The van der Waals surface area contributed by atoms with Crippen molar-refractivity contribution in [1.29, 1.82) is 0 Å². The Hall–Kier alpha value is -1.16. The third kappa shape index (κ3) is 3.29. The van der Waals surface area contributed by atoms with E-state index in [4.69, 9.17) is 21.1 Å². The number of ether oxygens (including phenoxy) is 2. The highest BCUT2D eigenvalue weighted by Gasteiger charge is 2.14. The molecule has 1 aromatic heterocycles. The van der Waals surface area contributed by atoms with Crippen LogP contribution in [-0.2, 0) is 16.1 Å². The Morgan fingerprint density at radius 3 is 2.90 bits per heavy atom. The molecular weight excluding hydrogens is 274 g/mol. The topological polar surface area (TPSA) is 31.4 Å². The van der Waals surface area contributed by atoms with Gasteiger partial charge in [-0.3, -0.25) is 0 Å². The number of hydrogen-bond donors (Lipinski definition) is 0. The van der Waals surface area contributed by atoms with Crippen molar-refractivity contribution in [2.75, 3.05) is 19.8 Å². The first-order valence-electron chi connectivity index (χ1n) is 7.02. The van der Waals surface area contributed by atoms with Crippen molar-refractivity contribution in [3.63, 3.8) is 0 Å². The molecule has 2 heterocycles. The van der Waals surface area contributed by atoms with Gasteiger partial charge in [0.1, 0.15) is 5.15 Å². The molecule has 0 amide bonds. The van der Waals surface area contributed by atoms with Crippen LogP contribution in [0.5, 0.6) is 0 Å². The summed E-state index contributed by atoms with van der Waals surface area (Å²) in [6.45, 7) is 3.00. The van der Waals surface area contributed by atoms with Crippen molar-refractivity contribution in [3.05, 3.63) is 41.0 Å². The smallest absolute Gasteiger partial charge is 0.135 e. The van der Waals surface area contributed by atoms with Gasteiger partial charge in [-0.15, -0.1) is 0 Å². The van der Waals surface area contributed by atoms with Gasteiger partial charge in [-0.1, -0.05) is 29.8 Å². The number of hydrogen-bond acceptors (Lipinski definition) is 3. The molecule has 2 aromatic rings. The minimum absolute atomic E-state index is 0.522. The number of benzene rings is 1. The van der Waals surface area contributed by atoms with E-state index in [9.17, 15) is 0 Å². The van der Waals surface area contributed by atoms with E-state index in [0.29, 0.717) is 17.7 Å². The molecule has 3 nitrogen and oxygen atoms in total. The highest BCUT2D eigenvalue weighted by Crippen LogP contribution is 2.22. The third-order valence-corrected chi connectivity index (χ3v) is 4.03. The van der Waals surface area contributed by atoms with Crippen LogP contribution in [0.25, 0.3) is 10.9 Å². The zero-order valence-corrected chi connectivity index (χ0v) is 12.1. The molecule has 4 heteroatoms. The summed E-state index contributed by atoms with van der Waals surface area (Å²) in [5, 5.41) is 1.64. The molecular formula is C16H18ClNO2. The molecule has 0 atom stereocenters. The SMILES string of the molecule is Clc1nc2ccccc2cc1COCC1CCOCC1. The van der Waals surface area contributed by atoms with E-state index in [1.165, 1.54) is 0 Å². The van der Waals surface area contributed by atoms with Gasteiger partial charge in [0.05, 0.1) is 18.7 Å². The molecule has 0 N–H and O–H groups in total. The van der Waals surface area contributed by atoms with Crippen LogP contribution in [0, 0.1) is 5.92 Å². The van der Waals surface area contributed by atoms with Gasteiger partial charge < -0.3 is 9.47 Å². The highest BCUT2D eigenvalue weighted by molar-refractivity contribution is 6.30. The van der Waals surface area contributed by atoms with Crippen molar-refractivity contribution in [2.45, 2.75) is 19.4 Å². The maximum Gasteiger partial charge on any atom is 0.135 e. The number of fused-ring (bicyclic) bond motifs is 1. The van der Waals surface area contributed by atoms with Gasteiger partial charge in [-0.2, -0.15) is 0 Å². The van der Waals surface area contributed by atoms with Gasteiger partial charge in [0.2, 0.25) is 0 Å². The fraction of sp³-hybridized carbons (Fsp3) is 0.438. The molecule has 1 aliphatic heterocycles. The van der Waals surface area contributed by atoms with Gasteiger partial charge in [-0.25, -0.2) is 4.98 Å². The highest BCUT2D eigenvalue weighted by atomic mass is 35.5. The lowest BCUT2D eigenvalue weighted by molar-refractivity contribution is 0.0157. The zero-order chi connectivity index (χ0) is 13.8.